The minimum atomic E-state index is -0.545. The van der Waals surface area contributed by atoms with Gasteiger partial charge >= 0.3 is 57.4 Å². The molecule has 0 spiro atoms. The first kappa shape index (κ1) is 14.1. The van der Waals surface area contributed by atoms with Gasteiger partial charge in [-0.1, -0.05) is 0 Å². The van der Waals surface area contributed by atoms with Crippen molar-refractivity contribution in [2.75, 3.05) is 13.2 Å². The molecule has 11 heavy (non-hydrogen) atoms. The topological polar surface area (TPSA) is 69.4 Å². The zero-order valence-electron chi connectivity index (χ0n) is 5.70. The van der Waals surface area contributed by atoms with E-state index in [1.165, 1.54) is 0 Å². The van der Waals surface area contributed by atoms with Crippen LogP contribution in [0.15, 0.2) is 0 Å². The molecule has 0 fully saturated rings. The zero-order valence-corrected chi connectivity index (χ0v) is 5.70. The molecule has 60 valence electrons. The normalized spacial score (nSPS) is 8.09. The summed E-state index contributed by atoms with van der Waals surface area (Å²) >= 11 is 0. The van der Waals surface area contributed by atoms with Crippen molar-refractivity contribution in [2.24, 2.45) is 0 Å². The molecule has 0 saturated carbocycles. The van der Waals surface area contributed by atoms with Crippen molar-refractivity contribution >= 4 is 57.4 Å². The molecule has 0 N–H and O–H groups in total. The van der Waals surface area contributed by atoms with Crippen LogP contribution in [-0.2, 0) is 9.53 Å². The predicted molar refractivity (Wildman–Crippen MR) is 40.3 cm³/mol. The summed E-state index contributed by atoms with van der Waals surface area (Å²) in [6, 6.07) is 0. The molecule has 0 saturated heterocycles. The van der Waals surface area contributed by atoms with Gasteiger partial charge in [-0.2, -0.15) is 0 Å². The molecule has 0 bridgehead atoms. The van der Waals surface area contributed by atoms with Crippen LogP contribution >= 0.6 is 0 Å². The summed E-state index contributed by atoms with van der Waals surface area (Å²) < 4.78 is 4.45. The summed E-state index contributed by atoms with van der Waals surface area (Å²) in [5.74, 6) is -0.515. The first-order valence-corrected chi connectivity index (χ1v) is 2.94. The Bertz CT molecular complexity index is 138. The standard InChI is InChI=1S/C5H9NO4.K.H/c1-2-10-5(7)3-4-6(8)9;;/h2-4H2,1H3;;. The summed E-state index contributed by atoms with van der Waals surface area (Å²) in [6.07, 6.45) is -0.138. The summed E-state index contributed by atoms with van der Waals surface area (Å²) in [5, 5.41) is 9.71. The molecule has 0 aliphatic carbocycles. The van der Waals surface area contributed by atoms with E-state index in [2.05, 4.69) is 4.74 Å². The number of carbonyl (C=O) groups excluding carboxylic acids is 1. The Labute approximate surface area is 107 Å². The zero-order chi connectivity index (χ0) is 7.98. The minimum absolute atomic E-state index is 0. The third kappa shape index (κ3) is 10.5. The van der Waals surface area contributed by atoms with Gasteiger partial charge in [0.1, 0.15) is 6.42 Å². The second-order valence-electron chi connectivity index (χ2n) is 1.61. The molecule has 0 aliphatic rings. The van der Waals surface area contributed by atoms with Crippen molar-refractivity contribution in [1.82, 2.24) is 0 Å². The van der Waals surface area contributed by atoms with E-state index in [9.17, 15) is 14.9 Å². The summed E-state index contributed by atoms with van der Waals surface area (Å²) in [7, 11) is 0. The van der Waals surface area contributed by atoms with Crippen molar-refractivity contribution in [3.8, 4) is 0 Å². The molecule has 0 aromatic rings. The van der Waals surface area contributed by atoms with Gasteiger partial charge in [-0.25, -0.2) is 0 Å². The molecule has 0 rings (SSSR count). The third-order valence-corrected chi connectivity index (χ3v) is 0.804. The van der Waals surface area contributed by atoms with E-state index in [1.807, 2.05) is 0 Å². The Kier molecular flexibility index (Phi) is 11.0. The van der Waals surface area contributed by atoms with E-state index in [1.54, 1.807) is 6.92 Å². The first-order valence-electron chi connectivity index (χ1n) is 2.94. The molecule has 0 aromatic heterocycles. The van der Waals surface area contributed by atoms with Gasteiger partial charge in [0.05, 0.1) is 6.61 Å². The molecule has 0 amide bonds. The fourth-order valence-corrected chi connectivity index (χ4v) is 0.416. The molecular weight excluding hydrogens is 177 g/mol. The molecule has 0 atom stereocenters. The molecule has 0 unspecified atom stereocenters. The number of ether oxygens (including phenoxy) is 1. The number of hydrogen-bond donors (Lipinski definition) is 0. The van der Waals surface area contributed by atoms with Gasteiger partial charge in [0.15, 0.2) is 0 Å². The van der Waals surface area contributed by atoms with Crippen LogP contribution in [0.25, 0.3) is 0 Å². The molecule has 0 aromatic carbocycles. The van der Waals surface area contributed by atoms with Crippen LogP contribution < -0.4 is 0 Å². The fourth-order valence-electron chi connectivity index (χ4n) is 0.416. The molecular formula is C5H10KNO4. The van der Waals surface area contributed by atoms with E-state index >= 15 is 0 Å². The Hall–Kier alpha value is 0.506. The van der Waals surface area contributed by atoms with E-state index in [-0.39, 0.29) is 71.0 Å². The van der Waals surface area contributed by atoms with Gasteiger partial charge in [0, 0.05) is 4.92 Å². The third-order valence-electron chi connectivity index (χ3n) is 0.804. The van der Waals surface area contributed by atoms with E-state index in [0.29, 0.717) is 0 Å². The maximum atomic E-state index is 10.4. The van der Waals surface area contributed by atoms with Crippen LogP contribution in [0.2, 0.25) is 0 Å². The molecule has 0 heterocycles. The Morgan fingerprint density at radius 3 is 2.55 bits per heavy atom. The van der Waals surface area contributed by atoms with Gasteiger partial charge < -0.3 is 4.74 Å². The molecule has 5 nitrogen and oxygen atoms in total. The monoisotopic (exact) mass is 187 g/mol. The number of nitro groups is 1. The van der Waals surface area contributed by atoms with Crippen molar-refractivity contribution < 1.29 is 14.5 Å². The predicted octanol–water partition coefficient (Wildman–Crippen LogP) is -0.432. The Morgan fingerprint density at radius 1 is 1.64 bits per heavy atom. The quantitative estimate of drug-likeness (QED) is 0.259. The van der Waals surface area contributed by atoms with Gasteiger partial charge in [-0.15, -0.1) is 0 Å². The second kappa shape index (κ2) is 8.60. The number of esters is 1. The van der Waals surface area contributed by atoms with Crippen LogP contribution in [0.3, 0.4) is 0 Å². The van der Waals surface area contributed by atoms with E-state index in [4.69, 9.17) is 0 Å². The average Bonchev–Trinajstić information content (AvgIpc) is 1.85. The van der Waals surface area contributed by atoms with E-state index < -0.39 is 10.9 Å². The van der Waals surface area contributed by atoms with Crippen molar-refractivity contribution in [2.45, 2.75) is 13.3 Å². The number of rotatable bonds is 4. The van der Waals surface area contributed by atoms with Crippen molar-refractivity contribution in [3.63, 3.8) is 0 Å². The summed E-state index contributed by atoms with van der Waals surface area (Å²) in [6.45, 7) is 1.58. The second-order valence-corrected chi connectivity index (χ2v) is 1.61. The van der Waals surface area contributed by atoms with Gasteiger partial charge in [0.2, 0.25) is 6.54 Å². The van der Waals surface area contributed by atoms with Crippen LogP contribution in [0.4, 0.5) is 0 Å². The van der Waals surface area contributed by atoms with Crippen LogP contribution in [0.1, 0.15) is 13.3 Å². The van der Waals surface area contributed by atoms with Crippen molar-refractivity contribution in [1.29, 1.82) is 0 Å². The van der Waals surface area contributed by atoms with E-state index in [0.717, 1.165) is 0 Å². The summed E-state index contributed by atoms with van der Waals surface area (Å²) in [5.41, 5.74) is 0. The Morgan fingerprint density at radius 2 is 2.18 bits per heavy atom. The van der Waals surface area contributed by atoms with Gasteiger partial charge in [-0.05, 0) is 6.92 Å². The molecule has 0 aliphatic heterocycles. The SMILES string of the molecule is CCOC(=O)CC[N+](=O)[O-].[KH]. The number of hydrogen-bond acceptors (Lipinski definition) is 4. The number of nitrogens with zero attached hydrogens (tertiary/aromatic N) is 1. The molecule has 0 radical (unpaired) electrons. The fraction of sp³-hybridized carbons (Fsp3) is 0.800. The summed E-state index contributed by atoms with van der Waals surface area (Å²) in [4.78, 5) is 19.6. The van der Waals surface area contributed by atoms with Gasteiger partial charge in [-0.3, -0.25) is 14.9 Å². The van der Waals surface area contributed by atoms with Gasteiger partial charge in [0.25, 0.3) is 0 Å². The van der Waals surface area contributed by atoms with Crippen molar-refractivity contribution in [3.05, 3.63) is 10.1 Å². The number of carbonyl (C=O) groups is 1. The first-order chi connectivity index (χ1) is 4.66. The van der Waals surface area contributed by atoms with Crippen LogP contribution in [0.5, 0.6) is 0 Å². The maximum absolute atomic E-state index is 10.4. The average molecular weight is 187 g/mol. The van der Waals surface area contributed by atoms with Crippen LogP contribution in [0, 0.1) is 10.1 Å². The van der Waals surface area contributed by atoms with Crippen LogP contribution in [-0.4, -0.2) is 75.4 Å². The molecule has 6 heteroatoms. The Balaban J connectivity index is 0.